The van der Waals surface area contributed by atoms with Gasteiger partial charge < -0.3 is 15.2 Å². The molecule has 0 radical (unpaired) electrons. The first-order valence-corrected chi connectivity index (χ1v) is 10.4. The average molecular weight is 418 g/mol. The Labute approximate surface area is 181 Å². The average Bonchev–Trinajstić information content (AvgIpc) is 2.79. The highest BCUT2D eigenvalue weighted by Crippen LogP contribution is 2.29. The van der Waals surface area contributed by atoms with Gasteiger partial charge in [0.05, 0.1) is 6.10 Å². The summed E-state index contributed by atoms with van der Waals surface area (Å²) in [6.45, 7) is 1.50. The van der Waals surface area contributed by atoms with Gasteiger partial charge in [0, 0.05) is 23.7 Å². The number of hydrogen-bond donors (Lipinski definition) is 2. The number of halogens is 1. The SMILES string of the molecule is O[C@@H](CNCc1c(OCc2cccc(Cl)c2)ccc2ccccc12)c1ccccc1. The summed E-state index contributed by atoms with van der Waals surface area (Å²) in [7, 11) is 0. The van der Waals surface area contributed by atoms with Gasteiger partial charge in [0.15, 0.2) is 0 Å². The Morgan fingerprint density at radius 2 is 1.67 bits per heavy atom. The number of benzene rings is 4. The van der Waals surface area contributed by atoms with Crippen molar-refractivity contribution < 1.29 is 9.84 Å². The molecule has 0 aromatic heterocycles. The monoisotopic (exact) mass is 417 g/mol. The van der Waals surface area contributed by atoms with Crippen LogP contribution in [0, 0.1) is 0 Å². The van der Waals surface area contributed by atoms with E-state index in [-0.39, 0.29) is 0 Å². The zero-order chi connectivity index (χ0) is 20.8. The molecule has 4 heteroatoms. The van der Waals surface area contributed by atoms with Gasteiger partial charge in [0.1, 0.15) is 12.4 Å². The van der Waals surface area contributed by atoms with Crippen molar-refractivity contribution in [3.05, 3.63) is 113 Å². The maximum absolute atomic E-state index is 10.5. The summed E-state index contributed by atoms with van der Waals surface area (Å²) in [6.07, 6.45) is -0.558. The van der Waals surface area contributed by atoms with E-state index in [0.717, 1.165) is 33.2 Å². The minimum atomic E-state index is -0.558. The van der Waals surface area contributed by atoms with Crippen molar-refractivity contribution in [3.8, 4) is 5.75 Å². The van der Waals surface area contributed by atoms with Crippen LogP contribution in [0.5, 0.6) is 5.75 Å². The van der Waals surface area contributed by atoms with Crippen molar-refractivity contribution in [1.82, 2.24) is 5.32 Å². The lowest BCUT2D eigenvalue weighted by Gasteiger charge is -2.17. The Balaban J connectivity index is 1.51. The van der Waals surface area contributed by atoms with E-state index in [2.05, 4.69) is 23.5 Å². The Kier molecular flexibility index (Phi) is 6.65. The predicted octanol–water partition coefficient (Wildman–Crippen LogP) is 5.90. The van der Waals surface area contributed by atoms with Crippen LogP contribution in [0.1, 0.15) is 22.8 Å². The van der Waals surface area contributed by atoms with Crippen LogP contribution >= 0.6 is 11.6 Å². The van der Waals surface area contributed by atoms with E-state index in [0.29, 0.717) is 24.7 Å². The molecule has 152 valence electrons. The second-order valence-corrected chi connectivity index (χ2v) is 7.68. The number of hydrogen-bond acceptors (Lipinski definition) is 3. The molecule has 0 saturated heterocycles. The van der Waals surface area contributed by atoms with E-state index in [1.807, 2.05) is 72.8 Å². The molecule has 30 heavy (non-hydrogen) atoms. The molecule has 4 rings (SSSR count). The van der Waals surface area contributed by atoms with Gasteiger partial charge in [0.25, 0.3) is 0 Å². The van der Waals surface area contributed by atoms with Crippen LogP contribution < -0.4 is 10.1 Å². The molecule has 0 aliphatic carbocycles. The van der Waals surface area contributed by atoms with Crippen LogP contribution in [0.25, 0.3) is 10.8 Å². The summed E-state index contributed by atoms with van der Waals surface area (Å²) in [6, 6.07) is 29.7. The lowest BCUT2D eigenvalue weighted by atomic mass is 10.0. The van der Waals surface area contributed by atoms with Crippen LogP contribution in [-0.4, -0.2) is 11.7 Å². The third kappa shape index (κ3) is 5.00. The van der Waals surface area contributed by atoms with Gasteiger partial charge >= 0.3 is 0 Å². The van der Waals surface area contributed by atoms with Gasteiger partial charge in [-0.15, -0.1) is 0 Å². The second-order valence-electron chi connectivity index (χ2n) is 7.24. The van der Waals surface area contributed by atoms with E-state index in [1.54, 1.807) is 0 Å². The molecule has 4 aromatic carbocycles. The van der Waals surface area contributed by atoms with Crippen molar-refractivity contribution in [2.24, 2.45) is 0 Å². The van der Waals surface area contributed by atoms with Crippen molar-refractivity contribution >= 4 is 22.4 Å². The fraction of sp³-hybridized carbons (Fsp3) is 0.154. The number of fused-ring (bicyclic) bond motifs is 1. The molecule has 1 atom stereocenters. The number of ether oxygens (including phenoxy) is 1. The van der Waals surface area contributed by atoms with Gasteiger partial charge in [-0.2, -0.15) is 0 Å². The standard InChI is InChI=1S/C26H24ClNO2/c27-22-11-6-7-19(15-22)18-30-26-14-13-20-8-4-5-12-23(20)24(26)16-28-17-25(29)21-9-2-1-3-10-21/h1-15,25,28-29H,16-18H2/t25-/m0/s1. The molecule has 0 heterocycles. The summed E-state index contributed by atoms with van der Waals surface area (Å²) in [4.78, 5) is 0. The third-order valence-corrected chi connectivity index (χ3v) is 5.34. The number of nitrogens with one attached hydrogen (secondary N) is 1. The highest BCUT2D eigenvalue weighted by Gasteiger charge is 2.11. The fourth-order valence-electron chi connectivity index (χ4n) is 3.55. The molecule has 0 amide bonds. The molecule has 0 aliphatic heterocycles. The number of rotatable bonds is 8. The zero-order valence-electron chi connectivity index (χ0n) is 16.6. The molecule has 0 saturated carbocycles. The van der Waals surface area contributed by atoms with E-state index in [9.17, 15) is 5.11 Å². The minimum Gasteiger partial charge on any atom is -0.489 e. The van der Waals surface area contributed by atoms with E-state index in [4.69, 9.17) is 16.3 Å². The Bertz CT molecular complexity index is 1110. The quantitative estimate of drug-likeness (QED) is 0.375. The van der Waals surface area contributed by atoms with Crippen LogP contribution in [0.4, 0.5) is 0 Å². The Morgan fingerprint density at radius 3 is 2.50 bits per heavy atom. The molecular formula is C26H24ClNO2. The summed E-state index contributed by atoms with van der Waals surface area (Å²) >= 11 is 6.10. The molecule has 0 bridgehead atoms. The van der Waals surface area contributed by atoms with Gasteiger partial charge in [-0.1, -0.05) is 84.4 Å². The first-order chi connectivity index (χ1) is 14.7. The lowest BCUT2D eigenvalue weighted by molar-refractivity contribution is 0.174. The van der Waals surface area contributed by atoms with Gasteiger partial charge in [-0.3, -0.25) is 0 Å². The van der Waals surface area contributed by atoms with Crippen molar-refractivity contribution in [3.63, 3.8) is 0 Å². The molecule has 3 nitrogen and oxygen atoms in total. The predicted molar refractivity (Wildman–Crippen MR) is 123 cm³/mol. The number of aliphatic hydroxyl groups is 1. The first kappa shape index (κ1) is 20.4. The lowest BCUT2D eigenvalue weighted by Crippen LogP contribution is -2.21. The molecule has 0 fully saturated rings. The molecule has 0 spiro atoms. The summed E-state index contributed by atoms with van der Waals surface area (Å²) < 4.78 is 6.17. The highest BCUT2D eigenvalue weighted by molar-refractivity contribution is 6.30. The number of aliphatic hydroxyl groups excluding tert-OH is 1. The smallest absolute Gasteiger partial charge is 0.124 e. The summed E-state index contributed by atoms with van der Waals surface area (Å²) in [5, 5.41) is 16.8. The zero-order valence-corrected chi connectivity index (χ0v) is 17.3. The van der Waals surface area contributed by atoms with Gasteiger partial charge in [-0.05, 0) is 40.1 Å². The summed E-state index contributed by atoms with van der Waals surface area (Å²) in [5.41, 5.74) is 3.00. The van der Waals surface area contributed by atoms with Crippen LogP contribution in [-0.2, 0) is 13.2 Å². The second kappa shape index (κ2) is 9.77. The van der Waals surface area contributed by atoms with Gasteiger partial charge in [0.2, 0.25) is 0 Å². The van der Waals surface area contributed by atoms with Crippen LogP contribution in [0.2, 0.25) is 5.02 Å². The van der Waals surface area contributed by atoms with Crippen LogP contribution in [0.15, 0.2) is 91.0 Å². The topological polar surface area (TPSA) is 41.5 Å². The van der Waals surface area contributed by atoms with Crippen molar-refractivity contribution in [2.45, 2.75) is 19.3 Å². The molecular weight excluding hydrogens is 394 g/mol. The molecule has 0 aliphatic rings. The fourth-order valence-corrected chi connectivity index (χ4v) is 3.76. The highest BCUT2D eigenvalue weighted by atomic mass is 35.5. The molecule has 2 N–H and O–H groups in total. The summed E-state index contributed by atoms with van der Waals surface area (Å²) in [5.74, 6) is 0.829. The van der Waals surface area contributed by atoms with Crippen molar-refractivity contribution in [2.75, 3.05) is 6.54 Å². The van der Waals surface area contributed by atoms with E-state index >= 15 is 0 Å². The van der Waals surface area contributed by atoms with Gasteiger partial charge in [-0.25, -0.2) is 0 Å². The largest absolute Gasteiger partial charge is 0.489 e. The Hall–Kier alpha value is -2.85. The third-order valence-electron chi connectivity index (χ3n) is 5.10. The van der Waals surface area contributed by atoms with Crippen molar-refractivity contribution in [1.29, 1.82) is 0 Å². The Morgan fingerprint density at radius 1 is 0.867 bits per heavy atom. The molecule has 4 aromatic rings. The maximum atomic E-state index is 10.5. The first-order valence-electron chi connectivity index (χ1n) is 10.0. The van der Waals surface area contributed by atoms with Crippen LogP contribution in [0.3, 0.4) is 0 Å². The van der Waals surface area contributed by atoms with E-state index < -0.39 is 6.10 Å². The maximum Gasteiger partial charge on any atom is 0.124 e. The normalized spacial score (nSPS) is 12.1. The molecule has 0 unspecified atom stereocenters. The minimum absolute atomic E-state index is 0.443. The van der Waals surface area contributed by atoms with E-state index in [1.165, 1.54) is 0 Å².